The summed E-state index contributed by atoms with van der Waals surface area (Å²) in [6.07, 6.45) is 6.89. The molecule has 0 bridgehead atoms. The molecule has 2 aromatic heterocycles. The smallest absolute Gasteiger partial charge is 0.275 e. The highest BCUT2D eigenvalue weighted by Gasteiger charge is 2.34. The summed E-state index contributed by atoms with van der Waals surface area (Å²) in [6.45, 7) is 0. The molecule has 2 aromatic carbocycles. The summed E-state index contributed by atoms with van der Waals surface area (Å²) in [5, 5.41) is 6.99. The maximum Gasteiger partial charge on any atom is 0.401 e. The van der Waals surface area contributed by atoms with Crippen molar-refractivity contribution in [2.75, 3.05) is 0 Å². The SMILES string of the molecule is Cn1cc(-c2cnc3c(c2)=[N+](S(=O)(=O)c2cccc4ccccc24)C=3)cn1. The minimum absolute atomic E-state index is 0.286. The third-order valence-corrected chi connectivity index (χ3v) is 6.43. The number of pyridine rings is 1. The van der Waals surface area contributed by atoms with Crippen molar-refractivity contribution in [2.24, 2.45) is 7.05 Å². The van der Waals surface area contributed by atoms with E-state index in [4.69, 9.17) is 0 Å². The Morgan fingerprint density at radius 2 is 1.81 bits per heavy atom. The Balaban J connectivity index is 1.72. The maximum atomic E-state index is 13.3. The molecule has 6 nitrogen and oxygen atoms in total. The molecule has 0 amide bonds. The Labute approximate surface area is 155 Å². The fourth-order valence-corrected chi connectivity index (χ4v) is 4.88. The van der Waals surface area contributed by atoms with Gasteiger partial charge in [-0.2, -0.15) is 13.5 Å². The highest BCUT2D eigenvalue weighted by molar-refractivity contribution is 7.90. The van der Waals surface area contributed by atoms with Crippen LogP contribution in [0.3, 0.4) is 0 Å². The number of rotatable bonds is 3. The van der Waals surface area contributed by atoms with Crippen LogP contribution in [0.1, 0.15) is 0 Å². The lowest BCUT2D eigenvalue weighted by atomic mass is 10.1. The van der Waals surface area contributed by atoms with Crippen LogP contribution in [0.25, 0.3) is 28.1 Å². The Bertz CT molecular complexity index is 1450. The van der Waals surface area contributed by atoms with Gasteiger partial charge in [-0.05, 0) is 11.5 Å². The van der Waals surface area contributed by atoms with Gasteiger partial charge in [-0.3, -0.25) is 4.68 Å². The first-order chi connectivity index (χ1) is 13.0. The maximum absolute atomic E-state index is 13.3. The molecule has 1 aliphatic rings. The molecule has 0 atom stereocenters. The number of aryl methyl sites for hydroxylation is 1. The van der Waals surface area contributed by atoms with E-state index in [0.717, 1.165) is 16.5 Å². The number of hydrogen-bond donors (Lipinski definition) is 0. The van der Waals surface area contributed by atoms with Crippen molar-refractivity contribution < 1.29 is 8.42 Å². The van der Waals surface area contributed by atoms with E-state index >= 15 is 0 Å². The van der Waals surface area contributed by atoms with Gasteiger partial charge in [-0.25, -0.2) is 4.98 Å². The van der Waals surface area contributed by atoms with Gasteiger partial charge in [-0.1, -0.05) is 40.4 Å². The molecule has 0 saturated carbocycles. The van der Waals surface area contributed by atoms with E-state index in [-0.39, 0.29) is 4.90 Å². The molecule has 7 heteroatoms. The van der Waals surface area contributed by atoms with Crippen molar-refractivity contribution in [1.82, 2.24) is 18.7 Å². The van der Waals surface area contributed by atoms with E-state index in [2.05, 4.69) is 10.1 Å². The minimum atomic E-state index is -3.72. The van der Waals surface area contributed by atoms with Crippen LogP contribution in [0.2, 0.25) is 0 Å². The molecule has 0 radical (unpaired) electrons. The van der Waals surface area contributed by atoms with E-state index in [1.165, 1.54) is 3.98 Å². The highest BCUT2D eigenvalue weighted by Crippen LogP contribution is 2.24. The van der Waals surface area contributed by atoms with Crippen molar-refractivity contribution in [3.8, 4) is 11.1 Å². The monoisotopic (exact) mass is 375 g/mol. The lowest BCUT2D eigenvalue weighted by molar-refractivity contribution is 0.583. The van der Waals surface area contributed by atoms with Gasteiger partial charge in [0.2, 0.25) is 11.5 Å². The second kappa shape index (κ2) is 5.59. The van der Waals surface area contributed by atoms with Crippen molar-refractivity contribution >= 4 is 27.0 Å². The van der Waals surface area contributed by atoms with Gasteiger partial charge in [-0.15, -0.1) is 0 Å². The summed E-state index contributed by atoms with van der Waals surface area (Å²) in [5.74, 6) is 0. The summed E-state index contributed by atoms with van der Waals surface area (Å²) < 4.78 is 29.6. The number of benzene rings is 2. The molecular formula is C20H15N4O2S+. The molecule has 0 fully saturated rings. The van der Waals surface area contributed by atoms with E-state index in [9.17, 15) is 8.42 Å². The van der Waals surface area contributed by atoms with Gasteiger partial charge in [0.15, 0.2) is 0 Å². The lowest BCUT2D eigenvalue weighted by Gasteiger charge is -2.08. The van der Waals surface area contributed by atoms with Crippen molar-refractivity contribution in [3.05, 3.63) is 77.8 Å². The van der Waals surface area contributed by atoms with Crippen LogP contribution in [-0.4, -0.2) is 23.2 Å². The fraction of sp³-hybridized carbons (Fsp3) is 0.0500. The van der Waals surface area contributed by atoms with Crippen LogP contribution in [-0.2, 0) is 17.1 Å². The number of aromatic nitrogens is 3. The van der Waals surface area contributed by atoms with E-state index < -0.39 is 10.0 Å². The average molecular weight is 375 g/mol. The predicted molar refractivity (Wildman–Crippen MR) is 103 cm³/mol. The zero-order chi connectivity index (χ0) is 18.6. The first-order valence-corrected chi connectivity index (χ1v) is 9.84. The summed E-state index contributed by atoms with van der Waals surface area (Å²) in [7, 11) is -1.88. The zero-order valence-electron chi connectivity index (χ0n) is 14.4. The predicted octanol–water partition coefficient (Wildman–Crippen LogP) is 1.27. The molecule has 4 aromatic rings. The first-order valence-electron chi connectivity index (χ1n) is 8.40. The molecule has 0 spiro atoms. The third kappa shape index (κ3) is 2.39. The van der Waals surface area contributed by atoms with Gasteiger partial charge >= 0.3 is 10.0 Å². The Morgan fingerprint density at radius 1 is 1.00 bits per heavy atom. The molecule has 1 aliphatic heterocycles. The van der Waals surface area contributed by atoms with Crippen LogP contribution < -0.4 is 14.7 Å². The number of hydrogen-bond acceptors (Lipinski definition) is 4. The summed E-state index contributed by atoms with van der Waals surface area (Å²) in [5.41, 5.74) is 1.72. The van der Waals surface area contributed by atoms with E-state index in [1.807, 2.05) is 49.6 Å². The van der Waals surface area contributed by atoms with Crippen molar-refractivity contribution in [1.29, 1.82) is 0 Å². The summed E-state index contributed by atoms with van der Waals surface area (Å²) in [4.78, 5) is 4.66. The van der Waals surface area contributed by atoms with Gasteiger partial charge in [0.1, 0.15) is 4.90 Å². The molecular weight excluding hydrogens is 360 g/mol. The van der Waals surface area contributed by atoms with Gasteiger partial charge in [0.05, 0.1) is 6.20 Å². The molecule has 132 valence electrons. The second-order valence-electron chi connectivity index (χ2n) is 6.44. The topological polar surface area (TPSA) is 67.9 Å². The molecule has 5 rings (SSSR count). The highest BCUT2D eigenvalue weighted by atomic mass is 32.2. The van der Waals surface area contributed by atoms with Crippen LogP contribution in [0, 0.1) is 0 Å². The van der Waals surface area contributed by atoms with Crippen LogP contribution in [0.5, 0.6) is 0 Å². The molecule has 0 N–H and O–H groups in total. The van der Waals surface area contributed by atoms with Gasteiger partial charge in [0.25, 0.3) is 5.36 Å². The van der Waals surface area contributed by atoms with Gasteiger partial charge in [0, 0.05) is 42.0 Å². The molecule has 0 unspecified atom stereocenters. The lowest BCUT2D eigenvalue weighted by Crippen LogP contribution is -2.51. The fourth-order valence-electron chi connectivity index (χ4n) is 3.31. The molecule has 3 heterocycles. The number of fused-ring (bicyclic) bond motifs is 2. The second-order valence-corrected chi connectivity index (χ2v) is 8.22. The molecule has 0 saturated heterocycles. The van der Waals surface area contributed by atoms with E-state index in [1.54, 1.807) is 35.4 Å². The normalized spacial score (nSPS) is 13.1. The number of sulfonamides is 1. The van der Waals surface area contributed by atoms with Crippen LogP contribution in [0.4, 0.5) is 0 Å². The summed E-state index contributed by atoms with van der Waals surface area (Å²) >= 11 is 0. The minimum Gasteiger partial charge on any atom is -0.275 e. The standard InChI is InChI=1S/C20H15N4O2S/c1-23-12-16(11-22-23)15-9-19-18(21-10-15)13-24(19)27(25,26)20-8-4-6-14-5-2-3-7-17(14)20/h2-13H,1H3/q+1. The zero-order valence-corrected chi connectivity index (χ0v) is 15.3. The first kappa shape index (κ1) is 15.9. The number of nitrogens with zero attached hydrogens (tertiary/aromatic N) is 4. The average Bonchev–Trinajstić information content (AvgIpc) is 3.08. The van der Waals surface area contributed by atoms with Crippen LogP contribution >= 0.6 is 0 Å². The molecule has 0 aliphatic carbocycles. The van der Waals surface area contributed by atoms with Crippen LogP contribution in [0.15, 0.2) is 72.0 Å². The van der Waals surface area contributed by atoms with E-state index in [0.29, 0.717) is 16.1 Å². The summed E-state index contributed by atoms with van der Waals surface area (Å²) in [6, 6.07) is 14.6. The third-order valence-electron chi connectivity index (χ3n) is 4.70. The van der Waals surface area contributed by atoms with Gasteiger partial charge < -0.3 is 0 Å². The Morgan fingerprint density at radius 3 is 2.63 bits per heavy atom. The van der Waals surface area contributed by atoms with Crippen molar-refractivity contribution in [3.63, 3.8) is 0 Å². The Kier molecular flexibility index (Phi) is 3.29. The molecule has 27 heavy (non-hydrogen) atoms. The largest absolute Gasteiger partial charge is 0.401 e. The Hall–Kier alpha value is -3.32. The quantitative estimate of drug-likeness (QED) is 0.506. The van der Waals surface area contributed by atoms with Crippen molar-refractivity contribution in [2.45, 2.75) is 4.90 Å².